The summed E-state index contributed by atoms with van der Waals surface area (Å²) in [7, 11) is 5.97. The van der Waals surface area contributed by atoms with Gasteiger partial charge in [-0.2, -0.15) is 18.7 Å². The number of rotatable bonds is 18. The molecule has 41 heteroatoms. The van der Waals surface area contributed by atoms with Crippen LogP contribution in [0.3, 0.4) is 0 Å². The number of aromatic nitrogens is 24. The molecule has 12 aromatic heterocycles. The fraction of sp³-hybridized carbons (Fsp3) is 0.333. The van der Waals surface area contributed by atoms with Crippen LogP contribution in [-0.4, -0.2) is 120 Å². The minimum atomic E-state index is -0.441. The number of halogens is 1. The lowest BCUT2D eigenvalue weighted by Gasteiger charge is -2.03. The number of tetrazole rings is 4. The molecule has 12 aromatic rings. The number of aryl methyl sites for hydroxylation is 6. The maximum Gasteiger partial charge on any atom is 0.369 e. The summed E-state index contributed by atoms with van der Waals surface area (Å²) in [6, 6.07) is 0. The van der Waals surface area contributed by atoms with Crippen molar-refractivity contribution >= 4 is 67.9 Å². The van der Waals surface area contributed by atoms with Crippen LogP contribution in [0.2, 0.25) is 0 Å². The summed E-state index contributed by atoms with van der Waals surface area (Å²) >= 11 is 6.82. The minimum Gasteiger partial charge on any atom is -0.465 e. The fourth-order valence-electron chi connectivity index (χ4n) is 6.80. The molecule has 36 nitrogen and oxygen atoms in total. The topological polar surface area (TPSA) is 403 Å². The van der Waals surface area contributed by atoms with Gasteiger partial charge in [-0.15, -0.1) is 18.7 Å². The molecule has 0 saturated heterocycles. The van der Waals surface area contributed by atoms with Crippen molar-refractivity contribution in [1.82, 2.24) is 120 Å². The average Bonchev–Trinajstić information content (AvgIpc) is 2.34. The van der Waals surface area contributed by atoms with Crippen LogP contribution in [0.4, 0.5) is 0 Å². The van der Waals surface area contributed by atoms with Crippen molar-refractivity contribution < 1.29 is 42.5 Å². The molecule has 0 amide bonds. The lowest BCUT2D eigenvalue weighted by molar-refractivity contribution is 0.298. The molecule has 1 aliphatic rings. The zero-order valence-corrected chi connectivity index (χ0v) is 48.9. The Hall–Kier alpha value is -9.23. The third kappa shape index (κ3) is 12.9. The Labute approximate surface area is 496 Å². The summed E-state index contributed by atoms with van der Waals surface area (Å²) in [5.41, 5.74) is 0.670. The van der Waals surface area contributed by atoms with E-state index in [1.165, 1.54) is 73.5 Å². The highest BCUT2D eigenvalue weighted by molar-refractivity contribution is 14.1. The second-order valence-electron chi connectivity index (χ2n) is 16.5. The van der Waals surface area contributed by atoms with Crippen LogP contribution >= 0.6 is 67.9 Å². The molecular weight excluding hydrogens is 1290 g/mol. The summed E-state index contributed by atoms with van der Waals surface area (Å²) < 4.78 is 81.5. The van der Waals surface area contributed by atoms with Gasteiger partial charge in [0.1, 0.15) is 43.7 Å². The first-order chi connectivity index (χ1) is 41.8. The molecule has 0 bridgehead atoms. The largest absolute Gasteiger partial charge is 0.465 e. The average molecular weight is 1340 g/mol. The van der Waals surface area contributed by atoms with Gasteiger partial charge in [-0.3, -0.25) is 0 Å². The standard InChI is InChI=1S/C12H12N6O3S.C11H12N6O3S.C10H10N6O3S.C9H7IN6O3S/c1-17-12(19)18(16-15-17)10-8(6-20-11-13-4-5-22-11)9(21-14-10)7-2-3-7;1-3-8-7(6-19-10-12-4-5-21-10)9(13-20-8)17-11(18)16(2)14-15-17;1-6-7(5-18-9-11-3-4-20-9)8(12-19-6)16-10(17)15(2)13-14-16;1-15-9(17)16(14-13-15)7-5(6(10)19-12-7)4-18-8-11-2-3-20-8/h4-5,7H,2-3,6H2,1H3;4-5H,3,6H2,1-2H3;3-4H,5H2,1-2H3;2-3H,4H2,1H3/i2*4T;3T;2T. The monoisotopic (exact) mass is 1340 g/mol. The first kappa shape index (κ1) is 51.9. The number of nitrogens with zero attached hydrogens (tertiary/aromatic N) is 24. The van der Waals surface area contributed by atoms with E-state index in [9.17, 15) is 19.2 Å². The molecule has 83 heavy (non-hydrogen) atoms. The van der Waals surface area contributed by atoms with E-state index in [2.05, 4.69) is 82.3 Å². The summed E-state index contributed by atoms with van der Waals surface area (Å²) in [6.07, 6.45) is 3.20. The van der Waals surface area contributed by atoms with E-state index in [0.717, 1.165) is 50.3 Å². The predicted octanol–water partition coefficient (Wildman–Crippen LogP) is 2.31. The number of hydrogen-bond donors (Lipinski definition) is 0. The minimum absolute atomic E-state index is 0.0904. The zero-order chi connectivity index (χ0) is 61.6. The van der Waals surface area contributed by atoms with Crippen LogP contribution in [0.1, 0.15) is 70.7 Å². The van der Waals surface area contributed by atoms with Crippen molar-refractivity contribution in [1.29, 1.82) is 0 Å². The zero-order valence-electron chi connectivity index (χ0n) is 47.5. The van der Waals surface area contributed by atoms with E-state index in [-0.39, 0.29) is 74.4 Å². The Balaban J connectivity index is 0.000000129. The molecule has 0 unspecified atom stereocenters. The molecule has 1 fully saturated rings. The van der Waals surface area contributed by atoms with Crippen LogP contribution in [0, 0.1) is 10.7 Å². The Morgan fingerprint density at radius 1 is 0.506 bits per heavy atom. The van der Waals surface area contributed by atoms with E-state index in [1.807, 2.05) is 29.5 Å². The summed E-state index contributed by atoms with van der Waals surface area (Å²) in [6.45, 7) is 4.04. The lowest BCUT2D eigenvalue weighted by Crippen LogP contribution is -2.23. The SMILES string of the molecule is [3H]c1csc(OCc2c(-n3nnn(C)c3=O)noc2C)n1.[3H]c1csc(OCc2c(-n3nnn(C)c3=O)noc2C2CC2)n1.[3H]c1csc(OCc2c(-n3nnn(C)c3=O)noc2CC)n1.[3H]c1csc(OCc2c(-n3nnn(C)c3=O)noc2I)n1. The van der Waals surface area contributed by atoms with Crippen molar-refractivity contribution in [2.24, 2.45) is 28.2 Å². The smallest absolute Gasteiger partial charge is 0.369 e. The van der Waals surface area contributed by atoms with Gasteiger partial charge in [-0.1, -0.05) is 72.9 Å². The molecule has 0 atom stereocenters. The van der Waals surface area contributed by atoms with Gasteiger partial charge in [0.05, 0.1) is 27.7 Å². The van der Waals surface area contributed by atoms with Crippen LogP contribution in [0.15, 0.2) is 83.5 Å². The predicted molar refractivity (Wildman–Crippen MR) is 291 cm³/mol. The molecule has 0 spiro atoms. The highest BCUT2D eigenvalue weighted by Crippen LogP contribution is 2.43. The van der Waals surface area contributed by atoms with Gasteiger partial charge in [0.25, 0.3) is 20.8 Å². The maximum absolute atomic E-state index is 12.0. The van der Waals surface area contributed by atoms with E-state index in [4.69, 9.17) is 42.5 Å². The van der Waals surface area contributed by atoms with Gasteiger partial charge in [0.2, 0.25) is 27.0 Å². The molecule has 0 aliphatic heterocycles. The molecule has 0 N–H and O–H groups in total. The van der Waals surface area contributed by atoms with Crippen LogP contribution in [0.5, 0.6) is 20.8 Å². The number of hydrogen-bond acceptors (Lipinski definition) is 32. The molecule has 13 rings (SSSR count). The fourth-order valence-corrected chi connectivity index (χ4v) is 9.05. The van der Waals surface area contributed by atoms with Crippen LogP contribution < -0.4 is 41.7 Å². The quantitative estimate of drug-likeness (QED) is 0.111. The molecule has 0 radical (unpaired) electrons. The van der Waals surface area contributed by atoms with E-state index in [0.29, 0.717) is 76.4 Å². The molecular formula is C42H41IN24O12S4. The van der Waals surface area contributed by atoms with Gasteiger partial charge in [0, 0.05) is 109 Å². The van der Waals surface area contributed by atoms with E-state index in [1.54, 1.807) is 28.4 Å². The second kappa shape index (κ2) is 25.7. The van der Waals surface area contributed by atoms with E-state index >= 15 is 0 Å². The van der Waals surface area contributed by atoms with Gasteiger partial charge in [-0.05, 0) is 61.5 Å². The van der Waals surface area contributed by atoms with Gasteiger partial charge >= 0.3 is 22.8 Å². The normalized spacial score (nSPS) is 12.5. The van der Waals surface area contributed by atoms with Crippen LogP contribution in [-0.2, 0) is 61.0 Å². The first-order valence-corrected chi connectivity index (χ1v) is 28.2. The molecule has 432 valence electrons. The Kier molecular flexibility index (Phi) is 16.1. The summed E-state index contributed by atoms with van der Waals surface area (Å²) in [5, 5.41) is 52.8. The van der Waals surface area contributed by atoms with Crippen molar-refractivity contribution in [3.8, 4) is 44.0 Å². The highest BCUT2D eigenvalue weighted by Gasteiger charge is 2.34. The van der Waals surface area contributed by atoms with Gasteiger partial charge < -0.3 is 37.0 Å². The Morgan fingerprint density at radius 3 is 1.24 bits per heavy atom. The Bertz CT molecular complexity index is 4430. The van der Waals surface area contributed by atoms with Gasteiger partial charge in [0.15, 0.2) is 0 Å². The van der Waals surface area contributed by atoms with Crippen molar-refractivity contribution in [2.75, 3.05) is 0 Å². The maximum atomic E-state index is 12.0. The van der Waals surface area contributed by atoms with Crippen LogP contribution in [0.25, 0.3) is 23.3 Å². The summed E-state index contributed by atoms with van der Waals surface area (Å²) in [4.78, 5) is 63.3. The molecule has 0 aromatic carbocycles. The third-order valence-electron chi connectivity index (χ3n) is 11.1. The third-order valence-corrected chi connectivity index (χ3v) is 14.5. The molecule has 12 heterocycles. The number of ether oxygens (including phenoxy) is 4. The van der Waals surface area contributed by atoms with E-state index < -0.39 is 22.8 Å². The first-order valence-electron chi connectivity index (χ1n) is 25.6. The highest BCUT2D eigenvalue weighted by atomic mass is 127. The Morgan fingerprint density at radius 2 is 0.855 bits per heavy atom. The summed E-state index contributed by atoms with van der Waals surface area (Å²) in [5.74, 6) is 3.09. The van der Waals surface area contributed by atoms with Crippen molar-refractivity contribution in [2.45, 2.75) is 65.5 Å². The van der Waals surface area contributed by atoms with Gasteiger partial charge in [-0.25, -0.2) is 39.1 Å². The lowest BCUT2D eigenvalue weighted by atomic mass is 10.2. The number of thiazole rings is 4. The molecule has 1 aliphatic carbocycles. The van der Waals surface area contributed by atoms with Crippen molar-refractivity contribution in [3.05, 3.63) is 131 Å². The van der Waals surface area contributed by atoms with Crippen molar-refractivity contribution in [3.63, 3.8) is 0 Å². The second-order valence-corrected chi connectivity index (χ2v) is 20.8. The molecule has 1 saturated carbocycles.